The highest BCUT2D eigenvalue weighted by Crippen LogP contribution is 2.36. The Morgan fingerprint density at radius 1 is 1.30 bits per heavy atom. The van der Waals surface area contributed by atoms with Gasteiger partial charge in [0.05, 0.1) is 23.4 Å². The van der Waals surface area contributed by atoms with Crippen molar-refractivity contribution in [2.24, 2.45) is 0 Å². The number of thioether (sulfide) groups is 1. The number of aryl methyl sites for hydroxylation is 3. The SMILES string of the molecule is CCCCCOC(=O)CSc1nc2sc3c(c2c(=O)n1-c1cccc(C)c1)CCC3. The summed E-state index contributed by atoms with van der Waals surface area (Å²) in [4.78, 5) is 32.6. The number of ether oxygens (including phenoxy) is 1. The second kappa shape index (κ2) is 9.35. The number of esters is 1. The predicted octanol–water partition coefficient (Wildman–Crippen LogP) is 5.07. The van der Waals surface area contributed by atoms with Crippen molar-refractivity contribution in [1.82, 2.24) is 9.55 Å². The van der Waals surface area contributed by atoms with E-state index in [0.29, 0.717) is 11.8 Å². The highest BCUT2D eigenvalue weighted by atomic mass is 32.2. The second-order valence-corrected chi connectivity index (χ2v) is 9.65. The Hall–Kier alpha value is -2.12. The van der Waals surface area contributed by atoms with E-state index in [9.17, 15) is 9.59 Å². The van der Waals surface area contributed by atoms with E-state index in [4.69, 9.17) is 9.72 Å². The Balaban J connectivity index is 1.68. The van der Waals surface area contributed by atoms with Gasteiger partial charge in [-0.15, -0.1) is 11.3 Å². The van der Waals surface area contributed by atoms with Crippen LogP contribution in [0.2, 0.25) is 0 Å². The van der Waals surface area contributed by atoms with Crippen molar-refractivity contribution in [3.05, 3.63) is 50.6 Å². The largest absolute Gasteiger partial charge is 0.465 e. The molecule has 0 saturated heterocycles. The summed E-state index contributed by atoms with van der Waals surface area (Å²) < 4.78 is 6.99. The zero-order valence-corrected chi connectivity index (χ0v) is 19.0. The van der Waals surface area contributed by atoms with E-state index >= 15 is 0 Å². The normalized spacial score (nSPS) is 13.0. The number of hydrogen-bond donors (Lipinski definition) is 0. The summed E-state index contributed by atoms with van der Waals surface area (Å²) in [5.74, 6) is -0.129. The van der Waals surface area contributed by atoms with Crippen LogP contribution in [0.1, 0.15) is 48.6 Å². The number of fused-ring (bicyclic) bond motifs is 3. The Bertz CT molecular complexity index is 1130. The average molecular weight is 443 g/mol. The number of benzene rings is 1. The smallest absolute Gasteiger partial charge is 0.316 e. The number of carbonyl (C=O) groups excluding carboxylic acids is 1. The van der Waals surface area contributed by atoms with Crippen LogP contribution in [0.25, 0.3) is 15.9 Å². The Kier molecular flexibility index (Phi) is 6.58. The zero-order valence-electron chi connectivity index (χ0n) is 17.4. The molecule has 0 fully saturated rings. The number of aromatic nitrogens is 2. The minimum atomic E-state index is -0.269. The molecule has 0 saturated carbocycles. The first kappa shape index (κ1) is 21.1. The van der Waals surface area contributed by atoms with Crippen LogP contribution in [0.3, 0.4) is 0 Å². The molecule has 0 N–H and O–H groups in total. The summed E-state index contributed by atoms with van der Waals surface area (Å²) >= 11 is 2.89. The van der Waals surface area contributed by atoms with Crippen LogP contribution < -0.4 is 5.56 Å². The number of rotatable bonds is 8. The van der Waals surface area contributed by atoms with Gasteiger partial charge in [0.25, 0.3) is 5.56 Å². The standard InChI is InChI=1S/C23H26N2O3S2/c1-3-4-5-12-28-19(26)14-29-23-24-21-20(17-10-7-11-18(17)30-21)22(27)25(23)16-9-6-8-15(2)13-16/h6,8-9,13H,3-5,7,10-12,14H2,1-2H3. The Morgan fingerprint density at radius 3 is 2.97 bits per heavy atom. The molecule has 0 atom stereocenters. The Morgan fingerprint density at radius 2 is 2.17 bits per heavy atom. The van der Waals surface area contributed by atoms with E-state index in [1.807, 2.05) is 31.2 Å². The minimum absolute atomic E-state index is 0.0381. The molecule has 0 aliphatic heterocycles. The van der Waals surface area contributed by atoms with E-state index in [1.165, 1.54) is 22.2 Å². The van der Waals surface area contributed by atoms with Gasteiger partial charge in [0.1, 0.15) is 4.83 Å². The first-order chi connectivity index (χ1) is 14.6. The maximum Gasteiger partial charge on any atom is 0.316 e. The lowest BCUT2D eigenvalue weighted by Gasteiger charge is -2.13. The number of hydrogen-bond acceptors (Lipinski definition) is 6. The molecule has 0 spiro atoms. The highest BCUT2D eigenvalue weighted by Gasteiger charge is 2.24. The molecule has 0 radical (unpaired) electrons. The fourth-order valence-corrected chi connectivity index (χ4v) is 5.93. The van der Waals surface area contributed by atoms with E-state index < -0.39 is 0 Å². The Labute approximate surface area is 184 Å². The van der Waals surface area contributed by atoms with Crippen molar-refractivity contribution >= 4 is 39.3 Å². The van der Waals surface area contributed by atoms with Gasteiger partial charge in [-0.05, 0) is 55.9 Å². The van der Waals surface area contributed by atoms with Gasteiger partial charge in [-0.25, -0.2) is 4.98 Å². The van der Waals surface area contributed by atoms with Crippen LogP contribution in [-0.2, 0) is 22.4 Å². The molecule has 30 heavy (non-hydrogen) atoms. The van der Waals surface area contributed by atoms with Crippen LogP contribution in [0, 0.1) is 6.92 Å². The molecule has 0 bridgehead atoms. The molecule has 7 heteroatoms. The third-order valence-electron chi connectivity index (χ3n) is 5.30. The van der Waals surface area contributed by atoms with Gasteiger partial charge in [-0.3, -0.25) is 14.2 Å². The summed E-state index contributed by atoms with van der Waals surface area (Å²) in [5, 5.41) is 1.30. The van der Waals surface area contributed by atoms with Crippen molar-refractivity contribution in [2.75, 3.05) is 12.4 Å². The van der Waals surface area contributed by atoms with Crippen molar-refractivity contribution in [2.45, 2.75) is 57.5 Å². The fraction of sp³-hybridized carbons (Fsp3) is 0.435. The number of unbranched alkanes of at least 4 members (excludes halogenated alkanes) is 2. The molecule has 4 rings (SSSR count). The lowest BCUT2D eigenvalue weighted by atomic mass is 10.2. The summed E-state index contributed by atoms with van der Waals surface area (Å²) in [5.41, 5.74) is 2.98. The molecular formula is C23H26N2O3S2. The van der Waals surface area contributed by atoms with Gasteiger partial charge in [-0.1, -0.05) is 43.7 Å². The maximum absolute atomic E-state index is 13.6. The maximum atomic E-state index is 13.6. The summed E-state index contributed by atoms with van der Waals surface area (Å²) in [6.45, 7) is 4.57. The van der Waals surface area contributed by atoms with Crippen LogP contribution >= 0.6 is 23.1 Å². The average Bonchev–Trinajstić information content (AvgIpc) is 3.30. The van der Waals surface area contributed by atoms with Crippen molar-refractivity contribution in [1.29, 1.82) is 0 Å². The van der Waals surface area contributed by atoms with Crippen molar-refractivity contribution in [3.63, 3.8) is 0 Å². The van der Waals surface area contributed by atoms with Gasteiger partial charge in [0, 0.05) is 4.88 Å². The molecule has 1 aliphatic carbocycles. The van der Waals surface area contributed by atoms with Crippen LogP contribution in [0.4, 0.5) is 0 Å². The number of nitrogens with zero attached hydrogens (tertiary/aromatic N) is 2. The fourth-order valence-electron chi connectivity index (χ4n) is 3.82. The molecular weight excluding hydrogens is 416 g/mol. The molecule has 0 amide bonds. The lowest BCUT2D eigenvalue weighted by molar-refractivity contribution is -0.140. The summed E-state index contributed by atoms with van der Waals surface area (Å²) in [7, 11) is 0. The van der Waals surface area contributed by atoms with Crippen LogP contribution in [-0.4, -0.2) is 27.9 Å². The molecule has 3 aromatic rings. The van der Waals surface area contributed by atoms with Gasteiger partial charge in [0.2, 0.25) is 0 Å². The summed E-state index contributed by atoms with van der Waals surface area (Å²) in [6.07, 6.45) is 6.08. The molecule has 1 aliphatic rings. The molecule has 1 aromatic carbocycles. The molecule has 158 valence electrons. The third-order valence-corrected chi connectivity index (χ3v) is 7.40. The van der Waals surface area contributed by atoms with Crippen molar-refractivity contribution in [3.8, 4) is 5.69 Å². The van der Waals surface area contributed by atoms with Crippen LogP contribution in [0.5, 0.6) is 0 Å². The quantitative estimate of drug-likeness (QED) is 0.211. The van der Waals surface area contributed by atoms with Gasteiger partial charge in [0.15, 0.2) is 5.16 Å². The topological polar surface area (TPSA) is 61.2 Å². The monoisotopic (exact) mass is 442 g/mol. The molecule has 5 nitrogen and oxygen atoms in total. The number of carbonyl (C=O) groups is 1. The summed E-state index contributed by atoms with van der Waals surface area (Å²) in [6, 6.07) is 7.84. The predicted molar refractivity (Wildman–Crippen MR) is 123 cm³/mol. The molecule has 2 aromatic heterocycles. The number of thiophene rings is 1. The van der Waals surface area contributed by atoms with E-state index in [2.05, 4.69) is 6.92 Å². The van der Waals surface area contributed by atoms with Crippen LogP contribution in [0.15, 0.2) is 34.2 Å². The lowest BCUT2D eigenvalue weighted by Crippen LogP contribution is -2.22. The third kappa shape index (κ3) is 4.32. The van der Waals surface area contributed by atoms with Gasteiger partial charge >= 0.3 is 5.97 Å². The van der Waals surface area contributed by atoms with E-state index in [-0.39, 0.29) is 17.3 Å². The van der Waals surface area contributed by atoms with E-state index in [0.717, 1.165) is 60.0 Å². The molecule has 0 unspecified atom stereocenters. The highest BCUT2D eigenvalue weighted by molar-refractivity contribution is 7.99. The first-order valence-corrected chi connectivity index (χ1v) is 12.3. The second-order valence-electron chi connectivity index (χ2n) is 7.63. The van der Waals surface area contributed by atoms with Crippen molar-refractivity contribution < 1.29 is 9.53 Å². The minimum Gasteiger partial charge on any atom is -0.465 e. The van der Waals surface area contributed by atoms with Gasteiger partial charge in [-0.2, -0.15) is 0 Å². The first-order valence-electron chi connectivity index (χ1n) is 10.5. The zero-order chi connectivity index (χ0) is 21.1. The molecule has 2 heterocycles. The van der Waals surface area contributed by atoms with Gasteiger partial charge < -0.3 is 4.74 Å². The van der Waals surface area contributed by atoms with E-state index in [1.54, 1.807) is 15.9 Å².